The van der Waals surface area contributed by atoms with Gasteiger partial charge in [0.25, 0.3) is 0 Å². The van der Waals surface area contributed by atoms with Crippen molar-refractivity contribution in [1.82, 2.24) is 9.78 Å². The number of rotatable bonds is 5. The minimum absolute atomic E-state index is 0.189. The molecule has 0 fully saturated rings. The van der Waals surface area contributed by atoms with E-state index in [2.05, 4.69) is 5.10 Å². The molecule has 1 atom stereocenters. The first kappa shape index (κ1) is 14.2. The molecular weight excluding hydrogens is 216 g/mol. The fourth-order valence-corrected chi connectivity index (χ4v) is 2.00. The molecular formula is C13H24N2O2. The highest BCUT2D eigenvalue weighted by Gasteiger charge is 2.22. The van der Waals surface area contributed by atoms with E-state index in [1.165, 1.54) is 0 Å². The molecule has 1 aromatic heterocycles. The molecule has 0 radical (unpaired) electrons. The summed E-state index contributed by atoms with van der Waals surface area (Å²) in [4.78, 5) is 0. The third kappa shape index (κ3) is 3.30. The maximum absolute atomic E-state index is 10.2. The average molecular weight is 240 g/mol. The number of hydrogen-bond acceptors (Lipinski definition) is 3. The van der Waals surface area contributed by atoms with Gasteiger partial charge in [0.2, 0.25) is 0 Å². The first-order valence-corrected chi connectivity index (χ1v) is 6.02. The van der Waals surface area contributed by atoms with E-state index in [9.17, 15) is 5.11 Å². The molecule has 0 amide bonds. The number of hydrogen-bond donors (Lipinski definition) is 1. The number of ether oxygens (including phenoxy) is 1. The van der Waals surface area contributed by atoms with E-state index in [1.807, 2.05) is 39.4 Å². The van der Waals surface area contributed by atoms with Crippen molar-refractivity contribution in [2.45, 2.75) is 52.2 Å². The Labute approximate surface area is 104 Å². The molecule has 1 aromatic rings. The minimum atomic E-state index is -0.460. The molecule has 4 heteroatoms. The van der Waals surface area contributed by atoms with Crippen LogP contribution < -0.4 is 0 Å². The van der Waals surface area contributed by atoms with Crippen molar-refractivity contribution in [2.75, 3.05) is 7.11 Å². The maximum atomic E-state index is 10.2. The van der Waals surface area contributed by atoms with E-state index in [1.54, 1.807) is 7.11 Å². The topological polar surface area (TPSA) is 47.3 Å². The number of nitrogens with zero attached hydrogens (tertiary/aromatic N) is 2. The van der Waals surface area contributed by atoms with Gasteiger partial charge in [0, 0.05) is 25.4 Å². The SMILES string of the molecule is COC(C)(C)CCC(O)c1c(C)nn(C)c1C. The Balaban J connectivity index is 2.74. The number of aliphatic hydroxyl groups is 1. The smallest absolute Gasteiger partial charge is 0.0826 e. The van der Waals surface area contributed by atoms with Crippen LogP contribution in [0.2, 0.25) is 0 Å². The van der Waals surface area contributed by atoms with Crippen LogP contribution >= 0.6 is 0 Å². The Hall–Kier alpha value is -0.870. The van der Waals surface area contributed by atoms with E-state index in [-0.39, 0.29) is 5.60 Å². The lowest BCUT2D eigenvalue weighted by molar-refractivity contribution is 0.00267. The monoisotopic (exact) mass is 240 g/mol. The molecule has 98 valence electrons. The second-order valence-electron chi connectivity index (χ2n) is 5.23. The van der Waals surface area contributed by atoms with Crippen LogP contribution in [-0.2, 0) is 11.8 Å². The van der Waals surface area contributed by atoms with E-state index >= 15 is 0 Å². The van der Waals surface area contributed by atoms with E-state index < -0.39 is 6.10 Å². The fraction of sp³-hybridized carbons (Fsp3) is 0.769. The molecule has 0 aliphatic heterocycles. The Kier molecular flexibility index (Phi) is 4.33. The molecule has 17 heavy (non-hydrogen) atoms. The van der Waals surface area contributed by atoms with Gasteiger partial charge in [-0.2, -0.15) is 5.10 Å². The lowest BCUT2D eigenvalue weighted by Crippen LogP contribution is -2.23. The van der Waals surface area contributed by atoms with Crippen LogP contribution in [0.25, 0.3) is 0 Å². The first-order chi connectivity index (χ1) is 7.78. The summed E-state index contributed by atoms with van der Waals surface area (Å²) in [5.41, 5.74) is 2.71. The number of aromatic nitrogens is 2. The van der Waals surface area contributed by atoms with Crippen molar-refractivity contribution in [1.29, 1.82) is 0 Å². The zero-order chi connectivity index (χ0) is 13.2. The lowest BCUT2D eigenvalue weighted by Gasteiger charge is -2.24. The summed E-state index contributed by atoms with van der Waals surface area (Å²) in [6, 6.07) is 0. The van der Waals surface area contributed by atoms with Gasteiger partial charge in [0.05, 0.1) is 17.4 Å². The molecule has 0 aromatic carbocycles. The molecule has 0 saturated carbocycles. The highest BCUT2D eigenvalue weighted by Crippen LogP contribution is 2.28. The van der Waals surface area contributed by atoms with E-state index in [0.29, 0.717) is 6.42 Å². The van der Waals surface area contributed by atoms with Gasteiger partial charge in [-0.25, -0.2) is 0 Å². The molecule has 1 heterocycles. The Morgan fingerprint density at radius 3 is 2.41 bits per heavy atom. The van der Waals surface area contributed by atoms with Gasteiger partial charge in [0.1, 0.15) is 0 Å². The summed E-state index contributed by atoms with van der Waals surface area (Å²) in [7, 11) is 3.60. The standard InChI is InChI=1S/C13H24N2O2/c1-9-12(10(2)15(5)14-9)11(16)7-8-13(3,4)17-6/h11,16H,7-8H2,1-6H3. The van der Waals surface area contributed by atoms with Crippen molar-refractivity contribution < 1.29 is 9.84 Å². The van der Waals surface area contributed by atoms with Gasteiger partial charge in [-0.05, 0) is 40.5 Å². The summed E-state index contributed by atoms with van der Waals surface area (Å²) >= 11 is 0. The number of aliphatic hydroxyl groups excluding tert-OH is 1. The fourth-order valence-electron chi connectivity index (χ4n) is 2.00. The van der Waals surface area contributed by atoms with Gasteiger partial charge in [0.15, 0.2) is 0 Å². The third-order valence-corrected chi connectivity index (χ3v) is 3.47. The summed E-state index contributed by atoms with van der Waals surface area (Å²) in [5, 5.41) is 14.6. The summed E-state index contributed by atoms with van der Waals surface area (Å²) < 4.78 is 7.17. The van der Waals surface area contributed by atoms with Gasteiger partial charge >= 0.3 is 0 Å². The van der Waals surface area contributed by atoms with Crippen LogP contribution in [0, 0.1) is 13.8 Å². The molecule has 1 N–H and O–H groups in total. The Morgan fingerprint density at radius 2 is 2.00 bits per heavy atom. The molecule has 0 saturated heterocycles. The maximum Gasteiger partial charge on any atom is 0.0826 e. The zero-order valence-electron chi connectivity index (χ0n) is 11.7. The Bertz CT molecular complexity index is 383. The third-order valence-electron chi connectivity index (χ3n) is 3.47. The first-order valence-electron chi connectivity index (χ1n) is 6.02. The van der Waals surface area contributed by atoms with Crippen molar-refractivity contribution in [3.05, 3.63) is 17.0 Å². The van der Waals surface area contributed by atoms with Crippen molar-refractivity contribution in [3.8, 4) is 0 Å². The van der Waals surface area contributed by atoms with Crippen LogP contribution in [0.3, 0.4) is 0 Å². The summed E-state index contributed by atoms with van der Waals surface area (Å²) in [5.74, 6) is 0. The highest BCUT2D eigenvalue weighted by molar-refractivity contribution is 5.26. The molecule has 0 spiro atoms. The quantitative estimate of drug-likeness (QED) is 0.859. The summed E-state index contributed by atoms with van der Waals surface area (Å²) in [6.07, 6.45) is 1.05. The van der Waals surface area contributed by atoms with Crippen LogP contribution in [0.5, 0.6) is 0 Å². The molecule has 1 unspecified atom stereocenters. The molecule has 4 nitrogen and oxygen atoms in total. The van der Waals surface area contributed by atoms with Crippen LogP contribution in [-0.4, -0.2) is 27.6 Å². The molecule has 0 aliphatic rings. The second kappa shape index (κ2) is 5.19. The molecule has 1 rings (SSSR count). The predicted octanol–water partition coefficient (Wildman–Crippen LogP) is 2.28. The van der Waals surface area contributed by atoms with Crippen LogP contribution in [0.4, 0.5) is 0 Å². The van der Waals surface area contributed by atoms with Crippen molar-refractivity contribution in [3.63, 3.8) is 0 Å². The van der Waals surface area contributed by atoms with Crippen molar-refractivity contribution in [2.24, 2.45) is 7.05 Å². The molecule has 0 aliphatic carbocycles. The van der Waals surface area contributed by atoms with E-state index in [4.69, 9.17) is 4.74 Å². The molecule has 0 bridgehead atoms. The zero-order valence-corrected chi connectivity index (χ0v) is 11.7. The number of methoxy groups -OCH3 is 1. The largest absolute Gasteiger partial charge is 0.388 e. The normalized spacial score (nSPS) is 14.1. The summed E-state index contributed by atoms with van der Waals surface area (Å²) in [6.45, 7) is 7.98. The Morgan fingerprint density at radius 1 is 1.41 bits per heavy atom. The highest BCUT2D eigenvalue weighted by atomic mass is 16.5. The van der Waals surface area contributed by atoms with Gasteiger partial charge in [-0.3, -0.25) is 4.68 Å². The van der Waals surface area contributed by atoms with Gasteiger partial charge < -0.3 is 9.84 Å². The van der Waals surface area contributed by atoms with Crippen molar-refractivity contribution >= 4 is 0 Å². The average Bonchev–Trinajstić information content (AvgIpc) is 2.50. The van der Waals surface area contributed by atoms with Crippen LogP contribution in [0.15, 0.2) is 0 Å². The van der Waals surface area contributed by atoms with E-state index in [0.717, 1.165) is 23.4 Å². The van der Waals surface area contributed by atoms with Gasteiger partial charge in [-0.1, -0.05) is 0 Å². The lowest BCUT2D eigenvalue weighted by atomic mass is 9.96. The predicted molar refractivity (Wildman–Crippen MR) is 68.0 cm³/mol. The van der Waals surface area contributed by atoms with Gasteiger partial charge in [-0.15, -0.1) is 0 Å². The second-order valence-corrected chi connectivity index (χ2v) is 5.23. The number of aryl methyl sites for hydroxylation is 2. The van der Waals surface area contributed by atoms with Crippen LogP contribution in [0.1, 0.15) is 49.7 Å². The minimum Gasteiger partial charge on any atom is -0.388 e.